The molecule has 0 aliphatic heterocycles. The largest absolute Gasteiger partial charge is 0.475 e. The minimum absolute atomic E-state index is 0.213. The van der Waals surface area contributed by atoms with Crippen LogP contribution in [0.5, 0.6) is 0 Å². The van der Waals surface area contributed by atoms with Crippen molar-refractivity contribution in [1.29, 1.82) is 0 Å². The van der Waals surface area contributed by atoms with Crippen molar-refractivity contribution < 1.29 is 19.3 Å². The molecule has 0 radical (unpaired) electrons. The van der Waals surface area contributed by atoms with Gasteiger partial charge >= 0.3 is 7.12 Å². The summed E-state index contributed by atoms with van der Waals surface area (Å²) in [4.78, 5) is 12.2. The molecule has 0 spiro atoms. The molecule has 3 N–H and O–H groups in total. The normalized spacial score (nSPS) is 12.1. The zero-order chi connectivity index (χ0) is 17.6. The van der Waals surface area contributed by atoms with Gasteiger partial charge in [0.15, 0.2) is 0 Å². The van der Waals surface area contributed by atoms with E-state index in [1.165, 1.54) is 0 Å². The molecule has 128 valence electrons. The number of hydrogen-bond acceptors (Lipinski definition) is 4. The van der Waals surface area contributed by atoms with E-state index >= 15 is 0 Å². The van der Waals surface area contributed by atoms with E-state index in [4.69, 9.17) is 4.42 Å². The monoisotopic (exact) mass is 337 g/mol. The van der Waals surface area contributed by atoms with Gasteiger partial charge in [-0.3, -0.25) is 4.79 Å². The van der Waals surface area contributed by atoms with Gasteiger partial charge in [-0.25, -0.2) is 0 Å². The smallest absolute Gasteiger partial charge is 0.464 e. The Kier molecular flexibility index (Phi) is 5.53. The lowest BCUT2D eigenvalue weighted by Crippen LogP contribution is -2.47. The lowest BCUT2D eigenvalue weighted by atomic mass is 9.76. The van der Waals surface area contributed by atoms with E-state index in [9.17, 15) is 14.8 Å². The van der Waals surface area contributed by atoms with E-state index in [0.717, 1.165) is 22.1 Å². The van der Waals surface area contributed by atoms with E-state index in [2.05, 4.69) is 5.32 Å². The van der Waals surface area contributed by atoms with Crippen molar-refractivity contribution in [3.63, 3.8) is 0 Å². The molecule has 1 atom stereocenters. The second-order valence-corrected chi connectivity index (χ2v) is 6.03. The molecule has 25 heavy (non-hydrogen) atoms. The molecule has 6 heteroatoms. The number of amides is 1. The molecule has 2 aromatic carbocycles. The second kappa shape index (κ2) is 8.01. The Morgan fingerprint density at radius 2 is 1.80 bits per heavy atom. The molecule has 1 aromatic heterocycles. The number of benzene rings is 2. The molecule has 1 unspecified atom stereocenters. The highest BCUT2D eigenvalue weighted by Crippen LogP contribution is 2.22. The van der Waals surface area contributed by atoms with Crippen molar-refractivity contribution in [2.24, 2.45) is 0 Å². The highest BCUT2D eigenvalue weighted by molar-refractivity contribution is 6.43. The quantitative estimate of drug-likeness (QED) is 0.577. The summed E-state index contributed by atoms with van der Waals surface area (Å²) in [7, 11) is -1.64. The third-order valence-electron chi connectivity index (χ3n) is 4.19. The van der Waals surface area contributed by atoms with Gasteiger partial charge in [0.2, 0.25) is 5.91 Å². The molecular formula is C19H20BNO4. The summed E-state index contributed by atoms with van der Waals surface area (Å²) in [5, 5.41) is 22.9. The molecule has 0 aliphatic carbocycles. The Balaban J connectivity index is 1.62. The Bertz CT molecular complexity index is 832. The number of nitrogens with one attached hydrogen (secondary N) is 1. The minimum Gasteiger partial charge on any atom is -0.464 e. The Morgan fingerprint density at radius 3 is 2.56 bits per heavy atom. The number of para-hydroxylation sites is 1. The van der Waals surface area contributed by atoms with Crippen LogP contribution in [0.2, 0.25) is 0 Å². The maximum Gasteiger partial charge on any atom is 0.475 e. The van der Waals surface area contributed by atoms with E-state index in [-0.39, 0.29) is 12.3 Å². The Hall–Kier alpha value is -2.57. The third kappa shape index (κ3) is 4.50. The van der Waals surface area contributed by atoms with Gasteiger partial charge in [-0.1, -0.05) is 48.5 Å². The van der Waals surface area contributed by atoms with Crippen LogP contribution in [0.15, 0.2) is 65.3 Å². The van der Waals surface area contributed by atoms with Crippen molar-refractivity contribution in [2.45, 2.75) is 25.2 Å². The number of fused-ring (bicyclic) bond motifs is 1. The summed E-state index contributed by atoms with van der Waals surface area (Å²) in [5.41, 5.74) is 2.63. The zero-order valence-electron chi connectivity index (χ0n) is 13.8. The molecule has 1 amide bonds. The van der Waals surface area contributed by atoms with Crippen LogP contribution in [0.1, 0.15) is 17.5 Å². The summed E-state index contributed by atoms with van der Waals surface area (Å²) in [5.74, 6) is -1.00. The Morgan fingerprint density at radius 1 is 1.08 bits per heavy atom. The van der Waals surface area contributed by atoms with Crippen molar-refractivity contribution in [1.82, 2.24) is 5.32 Å². The van der Waals surface area contributed by atoms with Gasteiger partial charge in [0, 0.05) is 11.8 Å². The molecule has 0 aliphatic rings. The van der Waals surface area contributed by atoms with Crippen molar-refractivity contribution in [3.05, 3.63) is 72.0 Å². The highest BCUT2D eigenvalue weighted by atomic mass is 16.4. The molecule has 0 fully saturated rings. The lowest BCUT2D eigenvalue weighted by Gasteiger charge is -2.17. The first-order chi connectivity index (χ1) is 12.1. The van der Waals surface area contributed by atoms with Gasteiger partial charge in [0.05, 0.1) is 12.2 Å². The summed E-state index contributed by atoms with van der Waals surface area (Å²) >= 11 is 0. The van der Waals surface area contributed by atoms with Crippen LogP contribution in [-0.2, 0) is 17.6 Å². The predicted octanol–water partition coefficient (Wildman–Crippen LogP) is 2.10. The number of rotatable bonds is 7. The van der Waals surface area contributed by atoms with Gasteiger partial charge in [-0.05, 0) is 30.0 Å². The lowest BCUT2D eigenvalue weighted by molar-refractivity contribution is -0.121. The molecule has 3 rings (SSSR count). The first-order valence-corrected chi connectivity index (χ1v) is 8.28. The summed E-state index contributed by atoms with van der Waals surface area (Å²) in [6, 6.07) is 17.2. The standard InChI is InChI=1S/C19H20BNO4/c22-19(11-10-14-6-2-1-3-7-14)21-18(20(23)24)12-15-13-25-17-9-5-4-8-16(15)17/h1-9,13,18,23-24H,10-12H2,(H,21,22). The molecule has 0 saturated carbocycles. The summed E-state index contributed by atoms with van der Waals surface area (Å²) in [6.07, 6.45) is 2.77. The number of carbonyl (C=O) groups is 1. The summed E-state index contributed by atoms with van der Waals surface area (Å²) < 4.78 is 5.46. The van der Waals surface area contributed by atoms with Gasteiger partial charge in [-0.2, -0.15) is 0 Å². The van der Waals surface area contributed by atoms with Crippen LogP contribution >= 0.6 is 0 Å². The van der Waals surface area contributed by atoms with E-state index < -0.39 is 13.1 Å². The average Bonchev–Trinajstić information content (AvgIpc) is 3.03. The fraction of sp³-hybridized carbons (Fsp3) is 0.211. The van der Waals surface area contributed by atoms with E-state index in [0.29, 0.717) is 12.8 Å². The predicted molar refractivity (Wildman–Crippen MR) is 96.8 cm³/mol. The van der Waals surface area contributed by atoms with Crippen LogP contribution < -0.4 is 5.32 Å². The highest BCUT2D eigenvalue weighted by Gasteiger charge is 2.26. The van der Waals surface area contributed by atoms with Gasteiger partial charge in [-0.15, -0.1) is 0 Å². The number of carbonyl (C=O) groups excluding carboxylic acids is 1. The molecule has 5 nitrogen and oxygen atoms in total. The minimum atomic E-state index is -1.64. The van der Waals surface area contributed by atoms with Crippen molar-refractivity contribution >= 4 is 24.0 Å². The molecule has 3 aromatic rings. The number of furan rings is 1. The molecule has 0 bridgehead atoms. The first-order valence-electron chi connectivity index (χ1n) is 8.28. The first kappa shape index (κ1) is 17.3. The van der Waals surface area contributed by atoms with Crippen LogP contribution in [-0.4, -0.2) is 29.0 Å². The fourth-order valence-electron chi connectivity index (χ4n) is 2.84. The average molecular weight is 337 g/mol. The van der Waals surface area contributed by atoms with Gasteiger partial charge < -0.3 is 19.8 Å². The van der Waals surface area contributed by atoms with Crippen molar-refractivity contribution in [3.8, 4) is 0 Å². The van der Waals surface area contributed by atoms with Crippen molar-refractivity contribution in [2.75, 3.05) is 0 Å². The van der Waals surface area contributed by atoms with Crippen LogP contribution in [0, 0.1) is 0 Å². The maximum atomic E-state index is 12.2. The van der Waals surface area contributed by atoms with Gasteiger partial charge in [0.25, 0.3) is 0 Å². The van der Waals surface area contributed by atoms with E-state index in [1.807, 2.05) is 54.6 Å². The SMILES string of the molecule is O=C(CCc1ccccc1)NC(Cc1coc2ccccc12)B(O)O. The number of aryl methyl sites for hydroxylation is 1. The summed E-state index contributed by atoms with van der Waals surface area (Å²) in [6.45, 7) is 0. The molecular weight excluding hydrogens is 317 g/mol. The Labute approximate surface area is 146 Å². The second-order valence-electron chi connectivity index (χ2n) is 6.03. The van der Waals surface area contributed by atoms with Crippen LogP contribution in [0.4, 0.5) is 0 Å². The zero-order valence-corrected chi connectivity index (χ0v) is 13.8. The third-order valence-corrected chi connectivity index (χ3v) is 4.19. The fourth-order valence-corrected chi connectivity index (χ4v) is 2.84. The maximum absolute atomic E-state index is 12.2. The van der Waals surface area contributed by atoms with Crippen LogP contribution in [0.3, 0.4) is 0 Å². The van der Waals surface area contributed by atoms with Gasteiger partial charge in [0.1, 0.15) is 5.58 Å². The molecule has 0 saturated heterocycles. The number of hydrogen-bond donors (Lipinski definition) is 3. The van der Waals surface area contributed by atoms with Crippen LogP contribution in [0.25, 0.3) is 11.0 Å². The van der Waals surface area contributed by atoms with E-state index in [1.54, 1.807) is 6.26 Å². The topological polar surface area (TPSA) is 82.7 Å². The molecule has 1 heterocycles.